The fraction of sp³-hybridized carbons (Fsp3) is 0.182. The van der Waals surface area contributed by atoms with Crippen LogP contribution in [0.2, 0.25) is 0 Å². The van der Waals surface area contributed by atoms with Gasteiger partial charge in [-0.1, -0.05) is 11.3 Å². The zero-order valence-electron chi connectivity index (χ0n) is 19.8. The molecular formula is C22H23N7O5S2. The Bertz CT molecular complexity index is 1410. The van der Waals surface area contributed by atoms with Crippen LogP contribution >= 0.6 is 11.3 Å². The molecule has 0 radical (unpaired) electrons. The molecule has 0 aliphatic rings. The average molecular weight is 530 g/mol. The van der Waals surface area contributed by atoms with Crippen LogP contribution in [0.5, 0.6) is 0 Å². The van der Waals surface area contributed by atoms with Crippen molar-refractivity contribution in [2.75, 3.05) is 33.5 Å². The van der Waals surface area contributed by atoms with Crippen molar-refractivity contribution < 1.29 is 18.1 Å². The third-order valence-electron chi connectivity index (χ3n) is 4.40. The van der Waals surface area contributed by atoms with E-state index in [1.54, 1.807) is 33.1 Å². The topological polar surface area (TPSA) is 150 Å². The minimum Gasteiger partial charge on any atom is -0.369 e. The van der Waals surface area contributed by atoms with Gasteiger partial charge in [0.15, 0.2) is 0 Å². The van der Waals surface area contributed by atoms with E-state index in [2.05, 4.69) is 19.7 Å². The minimum absolute atomic E-state index is 0.0248. The Balaban J connectivity index is 1.90. The van der Waals surface area contributed by atoms with Gasteiger partial charge in [0.05, 0.1) is 21.9 Å². The molecule has 0 saturated heterocycles. The number of nitrogens with one attached hydrogen (secondary N) is 1. The number of nitro benzene ring substituents is 1. The Morgan fingerprint density at radius 3 is 2.19 bits per heavy atom. The molecule has 1 heterocycles. The monoisotopic (exact) mass is 529 g/mol. The molecule has 3 aromatic rings. The molecule has 36 heavy (non-hydrogen) atoms. The summed E-state index contributed by atoms with van der Waals surface area (Å²) < 4.78 is 28.2. The first-order chi connectivity index (χ1) is 17.0. The first kappa shape index (κ1) is 26.4. The Hall–Kier alpha value is -4.17. The number of benzene rings is 2. The highest BCUT2D eigenvalue weighted by Crippen LogP contribution is 2.34. The van der Waals surface area contributed by atoms with Crippen molar-refractivity contribution in [3.63, 3.8) is 0 Å². The normalized spacial score (nSPS) is 11.7. The van der Waals surface area contributed by atoms with E-state index < -0.39 is 20.9 Å². The van der Waals surface area contributed by atoms with E-state index in [1.165, 1.54) is 66.1 Å². The molecule has 0 fully saturated rings. The molecule has 1 N–H and O–H groups in total. The van der Waals surface area contributed by atoms with Crippen molar-refractivity contribution in [1.82, 2.24) is 14.8 Å². The Kier molecular flexibility index (Phi) is 8.11. The maximum absolute atomic E-state index is 13.1. The van der Waals surface area contributed by atoms with E-state index in [9.17, 15) is 23.3 Å². The number of sulfonamides is 1. The summed E-state index contributed by atoms with van der Waals surface area (Å²) in [5.41, 5.74) is 1.09. The number of nitro groups is 1. The Morgan fingerprint density at radius 2 is 1.64 bits per heavy atom. The number of carbonyl (C=O) groups excluding carboxylic acids is 1. The summed E-state index contributed by atoms with van der Waals surface area (Å²) in [5.74, 6) is -0.492. The van der Waals surface area contributed by atoms with Crippen molar-refractivity contribution in [1.29, 1.82) is 0 Å². The number of amides is 1. The number of rotatable bonds is 9. The first-order valence-corrected chi connectivity index (χ1v) is 12.6. The number of aliphatic imine (C=N–C) groups is 1. The number of non-ortho nitro benzene ring substituents is 1. The fourth-order valence-electron chi connectivity index (χ4n) is 2.73. The maximum atomic E-state index is 13.1. The number of hydrogen-bond acceptors (Lipinski definition) is 8. The van der Waals surface area contributed by atoms with Crippen LogP contribution in [0, 0.1) is 10.1 Å². The van der Waals surface area contributed by atoms with E-state index in [1.807, 2.05) is 0 Å². The Labute approximate surface area is 211 Å². The molecule has 2 aromatic carbocycles. The molecule has 1 aromatic heterocycles. The second kappa shape index (κ2) is 11.0. The molecule has 0 atom stereocenters. The van der Waals surface area contributed by atoms with Gasteiger partial charge in [-0.15, -0.1) is 4.40 Å². The van der Waals surface area contributed by atoms with Crippen molar-refractivity contribution >= 4 is 56.5 Å². The lowest BCUT2D eigenvalue weighted by Crippen LogP contribution is -2.12. The van der Waals surface area contributed by atoms with Gasteiger partial charge >= 0.3 is 0 Å². The molecule has 0 aliphatic heterocycles. The number of nitrogens with zero attached hydrogens (tertiary/aromatic N) is 6. The average Bonchev–Trinajstić information content (AvgIpc) is 3.26. The summed E-state index contributed by atoms with van der Waals surface area (Å²) in [6.45, 7) is 0. The van der Waals surface area contributed by atoms with Crippen molar-refractivity contribution in [2.24, 2.45) is 9.39 Å². The van der Waals surface area contributed by atoms with Gasteiger partial charge in [0.2, 0.25) is 5.13 Å². The third-order valence-corrected chi connectivity index (χ3v) is 6.60. The lowest BCUT2D eigenvalue weighted by atomic mass is 10.1. The number of anilines is 1. The predicted molar refractivity (Wildman–Crippen MR) is 140 cm³/mol. The van der Waals surface area contributed by atoms with Gasteiger partial charge in [-0.3, -0.25) is 14.9 Å². The zero-order chi connectivity index (χ0) is 26.5. The van der Waals surface area contributed by atoms with E-state index in [-0.39, 0.29) is 15.5 Å². The van der Waals surface area contributed by atoms with Crippen molar-refractivity contribution in [3.8, 4) is 11.3 Å². The molecule has 0 bridgehead atoms. The first-order valence-electron chi connectivity index (χ1n) is 10.3. The molecule has 0 unspecified atom stereocenters. The highest BCUT2D eigenvalue weighted by atomic mass is 32.2. The quantitative estimate of drug-likeness (QED) is 0.192. The second-order valence-electron chi connectivity index (χ2n) is 7.82. The minimum atomic E-state index is -3.88. The summed E-state index contributed by atoms with van der Waals surface area (Å²) in [6, 6.07) is 11.3. The molecule has 14 heteroatoms. The predicted octanol–water partition coefficient (Wildman–Crippen LogP) is 3.47. The molecule has 12 nitrogen and oxygen atoms in total. The van der Waals surface area contributed by atoms with Crippen LogP contribution < -0.4 is 5.32 Å². The third kappa shape index (κ3) is 6.70. The molecule has 3 rings (SSSR count). The largest absolute Gasteiger partial charge is 0.369 e. The summed E-state index contributed by atoms with van der Waals surface area (Å²) in [4.78, 5) is 35.7. The van der Waals surface area contributed by atoms with Crippen LogP contribution in [0.25, 0.3) is 11.3 Å². The van der Waals surface area contributed by atoms with Crippen LogP contribution in [0.4, 0.5) is 16.5 Å². The molecule has 1 amide bonds. The van der Waals surface area contributed by atoms with Crippen LogP contribution in [0.15, 0.2) is 62.8 Å². The molecule has 0 spiro atoms. The fourth-order valence-corrected chi connectivity index (χ4v) is 4.47. The lowest BCUT2D eigenvalue weighted by Gasteiger charge is -2.07. The van der Waals surface area contributed by atoms with Gasteiger partial charge in [-0.05, 0) is 36.4 Å². The second-order valence-corrected chi connectivity index (χ2v) is 10.4. The number of carbonyl (C=O) groups is 1. The summed E-state index contributed by atoms with van der Waals surface area (Å²) >= 11 is 1.05. The Morgan fingerprint density at radius 1 is 1.03 bits per heavy atom. The standard InChI is InChI=1S/C22H23N7O5S2/c1-27(2)13-23-22-26-19(15-5-9-17(10-6-15)29(31)32)20(35-22)21(30)25-16-7-11-18(12-8-16)36(33,34)24-14-28(3)4/h5-14H,1-4H3,(H,25,30)/b23-13+,24-14+. The summed E-state index contributed by atoms with van der Waals surface area (Å²) in [7, 11) is 3.01. The van der Waals surface area contributed by atoms with Crippen LogP contribution in [-0.2, 0) is 10.0 Å². The van der Waals surface area contributed by atoms with Gasteiger partial charge in [0.25, 0.3) is 21.6 Å². The molecule has 0 aliphatic carbocycles. The van der Waals surface area contributed by atoms with E-state index in [0.29, 0.717) is 22.1 Å². The summed E-state index contributed by atoms with van der Waals surface area (Å²) in [6.07, 6.45) is 2.73. The van der Waals surface area contributed by atoms with Gasteiger partial charge in [-0.2, -0.15) is 8.42 Å². The molecule has 0 saturated carbocycles. The summed E-state index contributed by atoms with van der Waals surface area (Å²) in [5, 5.41) is 14.0. The number of aromatic nitrogens is 1. The van der Waals surface area contributed by atoms with Gasteiger partial charge in [0, 0.05) is 51.6 Å². The maximum Gasteiger partial charge on any atom is 0.283 e. The van der Waals surface area contributed by atoms with Crippen LogP contribution in [-0.4, -0.2) is 74.9 Å². The zero-order valence-corrected chi connectivity index (χ0v) is 21.4. The lowest BCUT2D eigenvalue weighted by molar-refractivity contribution is -0.384. The highest BCUT2D eigenvalue weighted by Gasteiger charge is 2.21. The number of thiazole rings is 1. The smallest absolute Gasteiger partial charge is 0.283 e. The van der Waals surface area contributed by atoms with Gasteiger partial charge in [-0.25, -0.2) is 9.98 Å². The van der Waals surface area contributed by atoms with Crippen LogP contribution in [0.3, 0.4) is 0 Å². The van der Waals surface area contributed by atoms with Crippen LogP contribution in [0.1, 0.15) is 9.67 Å². The van der Waals surface area contributed by atoms with E-state index in [4.69, 9.17) is 0 Å². The number of hydrogen-bond donors (Lipinski definition) is 1. The highest BCUT2D eigenvalue weighted by molar-refractivity contribution is 7.90. The SMILES string of the molecule is CN(C)/C=N/c1nc(-c2ccc([N+](=O)[O-])cc2)c(C(=O)Nc2ccc(S(=O)(=O)/N=C/N(C)C)cc2)s1. The molecule has 188 valence electrons. The van der Waals surface area contributed by atoms with Crippen molar-refractivity contribution in [3.05, 3.63) is 63.5 Å². The van der Waals surface area contributed by atoms with E-state index in [0.717, 1.165) is 11.3 Å². The van der Waals surface area contributed by atoms with Gasteiger partial charge in [0.1, 0.15) is 11.2 Å². The van der Waals surface area contributed by atoms with Gasteiger partial charge < -0.3 is 15.1 Å². The van der Waals surface area contributed by atoms with E-state index >= 15 is 0 Å². The molecular weight excluding hydrogens is 506 g/mol. The van der Waals surface area contributed by atoms with Crippen molar-refractivity contribution in [2.45, 2.75) is 4.90 Å².